The van der Waals surface area contributed by atoms with Crippen molar-refractivity contribution < 1.29 is 23.4 Å². The van der Waals surface area contributed by atoms with E-state index in [0.29, 0.717) is 11.1 Å². The zero-order valence-electron chi connectivity index (χ0n) is 20.4. The quantitative estimate of drug-likeness (QED) is 0.190. The first-order chi connectivity index (χ1) is 18.6. The van der Waals surface area contributed by atoms with Crippen LogP contribution in [0, 0.1) is 68.4 Å². The zero-order chi connectivity index (χ0) is 28.4. The van der Waals surface area contributed by atoms with Gasteiger partial charge in [-0.3, -0.25) is 20.2 Å². The highest BCUT2D eigenvalue weighted by Crippen LogP contribution is 2.44. The molecule has 0 fully saturated rings. The molecule has 192 valence electrons. The fourth-order valence-corrected chi connectivity index (χ4v) is 4.32. The van der Waals surface area contributed by atoms with Gasteiger partial charge >= 0.3 is 0 Å². The number of nitriles is 2. The summed E-state index contributed by atoms with van der Waals surface area (Å²) in [4.78, 5) is 22.3. The maximum atomic E-state index is 13.7. The molecular formula is C28H16F2N4O5. The Hall–Kier alpha value is -5.68. The maximum absolute atomic E-state index is 13.7. The van der Waals surface area contributed by atoms with E-state index in [0.717, 1.165) is 36.4 Å². The van der Waals surface area contributed by atoms with Gasteiger partial charge in [0.05, 0.1) is 21.0 Å². The normalized spacial score (nSPS) is 10.4. The van der Waals surface area contributed by atoms with Crippen LogP contribution in [-0.4, -0.2) is 9.85 Å². The van der Waals surface area contributed by atoms with Crippen LogP contribution in [0.25, 0.3) is 22.3 Å². The van der Waals surface area contributed by atoms with Crippen molar-refractivity contribution in [3.8, 4) is 45.9 Å². The standard InChI is InChI=1S/C28H16F2N4O5/c1-15-11-17(29)3-5-19(15)27-21(13-31)25(9-7-23(27)33(35)36)39-26-10-8-24(34(37)38)28(22(26)14-32)20-6-4-18(30)12-16(20)2/h3-12H,1-2H3. The van der Waals surface area contributed by atoms with Gasteiger partial charge in [-0.25, -0.2) is 8.78 Å². The molecule has 11 heteroatoms. The Labute approximate surface area is 220 Å². The van der Waals surface area contributed by atoms with Crippen molar-refractivity contribution in [1.29, 1.82) is 10.5 Å². The van der Waals surface area contributed by atoms with Gasteiger partial charge in [0.15, 0.2) is 0 Å². The van der Waals surface area contributed by atoms with E-state index >= 15 is 0 Å². The molecule has 0 radical (unpaired) electrons. The van der Waals surface area contributed by atoms with Gasteiger partial charge < -0.3 is 4.74 Å². The third-order valence-electron chi connectivity index (χ3n) is 6.04. The largest absolute Gasteiger partial charge is 0.455 e. The van der Waals surface area contributed by atoms with E-state index in [1.165, 1.54) is 38.1 Å². The van der Waals surface area contributed by atoms with Crippen LogP contribution in [0.4, 0.5) is 20.2 Å². The summed E-state index contributed by atoms with van der Waals surface area (Å²) in [6.45, 7) is 3.05. The lowest BCUT2D eigenvalue weighted by Crippen LogP contribution is -2.02. The minimum absolute atomic E-state index is 0.118. The highest BCUT2D eigenvalue weighted by molar-refractivity contribution is 5.86. The molecule has 9 nitrogen and oxygen atoms in total. The van der Waals surface area contributed by atoms with Gasteiger partial charge in [0.1, 0.15) is 46.4 Å². The highest BCUT2D eigenvalue weighted by Gasteiger charge is 2.28. The molecule has 0 spiro atoms. The third-order valence-corrected chi connectivity index (χ3v) is 6.04. The molecule has 0 unspecified atom stereocenters. The number of hydrogen-bond donors (Lipinski definition) is 0. The molecule has 0 aliphatic rings. The van der Waals surface area contributed by atoms with E-state index in [-0.39, 0.29) is 44.9 Å². The Morgan fingerprint density at radius 2 is 1.08 bits per heavy atom. The first-order valence-corrected chi connectivity index (χ1v) is 11.2. The molecule has 0 saturated heterocycles. The SMILES string of the molecule is Cc1cc(F)ccc1-c1c([N+](=O)[O-])ccc(Oc2ccc([N+](=O)[O-])c(-c3ccc(F)cc3C)c2C#N)c1C#N. The van der Waals surface area contributed by atoms with Crippen molar-refractivity contribution in [2.75, 3.05) is 0 Å². The number of nitro groups is 2. The van der Waals surface area contributed by atoms with Gasteiger partial charge in [0.25, 0.3) is 11.4 Å². The molecule has 4 aromatic rings. The molecule has 0 saturated carbocycles. The number of benzene rings is 4. The Morgan fingerprint density at radius 3 is 1.38 bits per heavy atom. The number of halogens is 2. The Kier molecular flexibility index (Phi) is 7.01. The molecule has 0 aliphatic heterocycles. The second kappa shape index (κ2) is 10.4. The predicted molar refractivity (Wildman–Crippen MR) is 136 cm³/mol. The van der Waals surface area contributed by atoms with E-state index in [1.807, 2.05) is 12.1 Å². The van der Waals surface area contributed by atoms with Crippen LogP contribution in [0.1, 0.15) is 22.3 Å². The van der Waals surface area contributed by atoms with E-state index in [2.05, 4.69) is 0 Å². The molecule has 4 aromatic carbocycles. The molecular weight excluding hydrogens is 510 g/mol. The highest BCUT2D eigenvalue weighted by atomic mass is 19.1. The van der Waals surface area contributed by atoms with Gasteiger partial charge in [-0.2, -0.15) is 10.5 Å². The number of aryl methyl sites for hydroxylation is 2. The van der Waals surface area contributed by atoms with Crippen LogP contribution >= 0.6 is 0 Å². The first kappa shape index (κ1) is 26.4. The molecule has 0 bridgehead atoms. The molecule has 0 atom stereocenters. The van der Waals surface area contributed by atoms with Crippen LogP contribution in [-0.2, 0) is 0 Å². The summed E-state index contributed by atoms with van der Waals surface area (Å²) in [5.41, 5.74) is -0.529. The second-order valence-corrected chi connectivity index (χ2v) is 8.42. The Morgan fingerprint density at radius 1 is 0.692 bits per heavy atom. The minimum Gasteiger partial charge on any atom is -0.455 e. The average molecular weight is 526 g/mol. The fraction of sp³-hybridized carbons (Fsp3) is 0.0714. The third kappa shape index (κ3) is 4.84. The molecule has 0 aliphatic carbocycles. The van der Waals surface area contributed by atoms with Crippen molar-refractivity contribution >= 4 is 11.4 Å². The van der Waals surface area contributed by atoms with Crippen LogP contribution in [0.2, 0.25) is 0 Å². The van der Waals surface area contributed by atoms with Gasteiger partial charge in [-0.15, -0.1) is 0 Å². The van der Waals surface area contributed by atoms with Crippen molar-refractivity contribution in [3.05, 3.63) is 115 Å². The molecule has 0 N–H and O–H groups in total. The molecule has 39 heavy (non-hydrogen) atoms. The summed E-state index contributed by atoms with van der Waals surface area (Å²) in [6, 6.07) is 15.5. The van der Waals surface area contributed by atoms with Gasteiger partial charge in [-0.1, -0.05) is 12.1 Å². The minimum atomic E-state index is -0.690. The fourth-order valence-electron chi connectivity index (χ4n) is 4.32. The average Bonchev–Trinajstić information content (AvgIpc) is 2.88. The smallest absolute Gasteiger partial charge is 0.278 e. The summed E-state index contributed by atoms with van der Waals surface area (Å²) in [5.74, 6) is -1.49. The van der Waals surface area contributed by atoms with E-state index in [9.17, 15) is 39.5 Å². The van der Waals surface area contributed by atoms with Crippen molar-refractivity contribution in [2.45, 2.75) is 13.8 Å². The van der Waals surface area contributed by atoms with Crippen LogP contribution in [0.5, 0.6) is 11.5 Å². The van der Waals surface area contributed by atoms with Gasteiger partial charge in [0, 0.05) is 12.1 Å². The number of nitrogens with zero attached hydrogens (tertiary/aromatic N) is 4. The first-order valence-electron chi connectivity index (χ1n) is 11.2. The lowest BCUT2D eigenvalue weighted by molar-refractivity contribution is -0.384. The Bertz CT molecular complexity index is 1640. The summed E-state index contributed by atoms with van der Waals surface area (Å²) in [5, 5.41) is 43.7. The monoisotopic (exact) mass is 526 g/mol. The summed E-state index contributed by atoms with van der Waals surface area (Å²) in [6.07, 6.45) is 0. The lowest BCUT2D eigenvalue weighted by atomic mass is 9.93. The van der Waals surface area contributed by atoms with Crippen molar-refractivity contribution in [2.24, 2.45) is 0 Å². The van der Waals surface area contributed by atoms with Gasteiger partial charge in [0.2, 0.25) is 0 Å². The molecule has 4 rings (SSSR count). The van der Waals surface area contributed by atoms with Crippen LogP contribution < -0.4 is 4.74 Å². The van der Waals surface area contributed by atoms with E-state index in [4.69, 9.17) is 4.74 Å². The number of hydrogen-bond acceptors (Lipinski definition) is 7. The molecule has 0 heterocycles. The van der Waals surface area contributed by atoms with Crippen LogP contribution in [0.3, 0.4) is 0 Å². The lowest BCUT2D eigenvalue weighted by Gasteiger charge is -2.16. The van der Waals surface area contributed by atoms with E-state index in [1.54, 1.807) is 0 Å². The number of rotatable bonds is 6. The molecule has 0 amide bonds. The van der Waals surface area contributed by atoms with Crippen LogP contribution in [0.15, 0.2) is 60.7 Å². The Balaban J connectivity index is 1.98. The maximum Gasteiger partial charge on any atom is 0.278 e. The van der Waals surface area contributed by atoms with E-state index < -0.39 is 32.9 Å². The van der Waals surface area contributed by atoms with Gasteiger partial charge in [-0.05, 0) is 72.5 Å². The second-order valence-electron chi connectivity index (χ2n) is 8.42. The van der Waals surface area contributed by atoms with Crippen molar-refractivity contribution in [1.82, 2.24) is 0 Å². The molecule has 0 aromatic heterocycles. The topological polar surface area (TPSA) is 143 Å². The summed E-state index contributed by atoms with van der Waals surface area (Å²) < 4.78 is 33.4. The number of nitro benzene ring substituents is 2. The predicted octanol–water partition coefficient (Wildman–Crippen LogP) is 7.27. The number of ether oxygens (including phenoxy) is 1. The zero-order valence-corrected chi connectivity index (χ0v) is 20.4. The summed E-state index contributed by atoms with van der Waals surface area (Å²) in [7, 11) is 0. The summed E-state index contributed by atoms with van der Waals surface area (Å²) >= 11 is 0. The van der Waals surface area contributed by atoms with Crippen molar-refractivity contribution in [3.63, 3.8) is 0 Å².